The van der Waals surface area contributed by atoms with Gasteiger partial charge in [0.2, 0.25) is 0 Å². The van der Waals surface area contributed by atoms with Crippen LogP contribution in [0.1, 0.15) is 0 Å². The smallest absolute Gasteiger partial charge is 0.412 e. The average molecular weight is 124 g/mol. The second-order valence-electron chi connectivity index (χ2n) is 0.189. The van der Waals surface area contributed by atoms with Crippen LogP contribution in [-0.4, -0.2) is 5.48 Å². The number of hydrogen-bond donors (Lipinski definition) is 0. The number of hydrogen-bond acceptors (Lipinski definition) is 3. The maximum atomic E-state index is 8.41. The molecular weight excluding hydrogens is 122 g/mol. The molecule has 0 saturated carbocycles. The molecule has 4 nitrogen and oxygen atoms in total. The Labute approximate surface area is 59.8 Å². The molecule has 0 unspecified atom stereocenters. The minimum atomic E-state index is -2.85. The van der Waals surface area contributed by atoms with E-state index in [9.17, 15) is 0 Å². The Morgan fingerprint density at radius 1 is 1.00 bits per heavy atom. The van der Waals surface area contributed by atoms with Gasteiger partial charge in [-0.2, -0.15) is 0 Å². The molecule has 6 heavy (non-hydrogen) atoms. The molecule has 6 heteroatoms. The quantitative estimate of drug-likeness (QED) is 0.300. The van der Waals surface area contributed by atoms with Gasteiger partial charge in [0.1, 0.15) is 0 Å². The molecule has 0 radical (unpaired) electrons. The van der Waals surface area contributed by atoms with E-state index in [-0.39, 0.29) is 35.0 Å². The molecule has 0 aromatic heterocycles. The van der Waals surface area contributed by atoms with Gasteiger partial charge in [0.15, 0.2) is 0 Å². The van der Waals surface area contributed by atoms with Crippen LogP contribution < -0.4 is 43.5 Å². The third-order valence-electron chi connectivity index (χ3n) is 0. The number of halogens is 1. The van der Waals surface area contributed by atoms with Crippen molar-refractivity contribution in [1.82, 2.24) is 0 Å². The third-order valence-corrected chi connectivity index (χ3v) is 0. The van der Waals surface area contributed by atoms with Gasteiger partial charge in [-0.25, -0.2) is 0 Å². The molecular formula is H2ClNaO4. The Bertz CT molecular complexity index is 12.3. The second-order valence-corrected chi connectivity index (χ2v) is 0.567. The van der Waals surface area contributed by atoms with Gasteiger partial charge in [0.25, 0.3) is 0 Å². The first-order valence-electron chi connectivity index (χ1n) is 0.463. The Balaban J connectivity index is -0.0000000450. The van der Waals surface area contributed by atoms with Crippen molar-refractivity contribution in [1.29, 1.82) is 0 Å². The van der Waals surface area contributed by atoms with Crippen molar-refractivity contribution < 1.29 is 59.8 Å². The predicted molar refractivity (Wildman–Crippen MR) is 3.61 cm³/mol. The largest absolute Gasteiger partial charge is 1.00 e. The normalized spacial score (nSPS) is 6.00. The van der Waals surface area contributed by atoms with E-state index in [4.69, 9.17) is 14.0 Å². The SMILES string of the molecule is O.[Na+].[O-][Cl+2]([O-])[O-]. The summed E-state index contributed by atoms with van der Waals surface area (Å²) < 4.78 is 25.2. The van der Waals surface area contributed by atoms with Crippen molar-refractivity contribution in [3.8, 4) is 0 Å². The first kappa shape index (κ1) is 15.7. The molecule has 0 aliphatic carbocycles. The molecule has 0 aliphatic heterocycles. The minimum absolute atomic E-state index is 0. The first-order chi connectivity index (χ1) is 1.73. The standard InChI is InChI=1S/ClO3.Na.H2O/c2-1(3)4;;/h;;1H2/q-1;+1;. The van der Waals surface area contributed by atoms with E-state index in [0.717, 1.165) is 0 Å². The van der Waals surface area contributed by atoms with Crippen LogP contribution in [0.5, 0.6) is 0 Å². The zero-order valence-corrected chi connectivity index (χ0v) is 5.86. The molecule has 0 aromatic carbocycles. The van der Waals surface area contributed by atoms with Crippen molar-refractivity contribution in [3.63, 3.8) is 0 Å². The third kappa shape index (κ3) is 68.5. The Morgan fingerprint density at radius 2 is 1.00 bits per heavy atom. The Kier molecular flexibility index (Phi) is 24.8. The number of rotatable bonds is 0. The topological polar surface area (TPSA) is 101 Å². The van der Waals surface area contributed by atoms with Gasteiger partial charge < -0.3 is 19.5 Å². The van der Waals surface area contributed by atoms with E-state index in [0.29, 0.717) is 0 Å². The fourth-order valence-corrected chi connectivity index (χ4v) is 0. The van der Waals surface area contributed by atoms with E-state index in [1.165, 1.54) is 0 Å². The molecule has 2 N–H and O–H groups in total. The first-order valence-corrected chi connectivity index (χ1v) is 1.39. The summed E-state index contributed by atoms with van der Waals surface area (Å²) in [5, 5.41) is 0. The van der Waals surface area contributed by atoms with Gasteiger partial charge in [-0.1, -0.05) is 0 Å². The van der Waals surface area contributed by atoms with Gasteiger partial charge in [-0.05, 0) is 0 Å². The van der Waals surface area contributed by atoms with Crippen molar-refractivity contribution >= 4 is 0 Å². The zero-order valence-electron chi connectivity index (χ0n) is 3.10. The fraction of sp³-hybridized carbons (Fsp3) is 0. The maximum Gasteiger partial charge on any atom is 1.00 e. The summed E-state index contributed by atoms with van der Waals surface area (Å²) >= 11 is 0. The van der Waals surface area contributed by atoms with Crippen LogP contribution >= 0.6 is 0 Å². The van der Waals surface area contributed by atoms with Gasteiger partial charge in [0.05, 0.1) is 10.8 Å². The molecule has 0 atom stereocenters. The van der Waals surface area contributed by atoms with E-state index in [1.807, 2.05) is 0 Å². The van der Waals surface area contributed by atoms with Crippen LogP contribution in [0.15, 0.2) is 0 Å². The van der Waals surface area contributed by atoms with E-state index < -0.39 is 10.8 Å². The summed E-state index contributed by atoms with van der Waals surface area (Å²) in [6.45, 7) is 0. The van der Waals surface area contributed by atoms with Crippen molar-refractivity contribution in [3.05, 3.63) is 0 Å². The molecule has 0 amide bonds. The monoisotopic (exact) mass is 124 g/mol. The molecule has 0 rings (SSSR count). The predicted octanol–water partition coefficient (Wildman–Crippen LogP) is -7.39. The summed E-state index contributed by atoms with van der Waals surface area (Å²) in [6, 6.07) is 0. The Hall–Kier alpha value is 1.13. The van der Waals surface area contributed by atoms with Crippen molar-refractivity contribution in [2.24, 2.45) is 0 Å². The summed E-state index contributed by atoms with van der Waals surface area (Å²) in [5.41, 5.74) is 0. The fourth-order valence-electron chi connectivity index (χ4n) is 0. The van der Waals surface area contributed by atoms with E-state index >= 15 is 0 Å². The molecule has 0 aliphatic rings. The summed E-state index contributed by atoms with van der Waals surface area (Å²) in [4.78, 5) is 0. The summed E-state index contributed by atoms with van der Waals surface area (Å²) in [5.74, 6) is 0. The Morgan fingerprint density at radius 3 is 1.00 bits per heavy atom. The van der Waals surface area contributed by atoms with Crippen LogP contribution in [0.25, 0.3) is 0 Å². The van der Waals surface area contributed by atoms with E-state index in [1.54, 1.807) is 0 Å². The molecule has 0 saturated heterocycles. The van der Waals surface area contributed by atoms with Gasteiger partial charge in [0, 0.05) is 0 Å². The average Bonchev–Trinajstić information content (AvgIpc) is 0.811. The molecule has 0 fully saturated rings. The molecule has 0 bridgehead atoms. The van der Waals surface area contributed by atoms with E-state index in [2.05, 4.69) is 0 Å². The van der Waals surface area contributed by atoms with Crippen LogP contribution in [-0.2, 0) is 0 Å². The van der Waals surface area contributed by atoms with Crippen LogP contribution in [0.2, 0.25) is 0 Å². The van der Waals surface area contributed by atoms with Crippen LogP contribution in [0.4, 0.5) is 0 Å². The van der Waals surface area contributed by atoms with Gasteiger partial charge in [-0.3, -0.25) is 0 Å². The second kappa shape index (κ2) is 9.46. The molecule has 0 spiro atoms. The molecule has 0 aromatic rings. The van der Waals surface area contributed by atoms with Gasteiger partial charge in [-0.15, -0.1) is 0 Å². The summed E-state index contributed by atoms with van der Waals surface area (Å²) in [7, 11) is -2.85. The zero-order chi connectivity index (χ0) is 3.58. The van der Waals surface area contributed by atoms with Crippen molar-refractivity contribution in [2.45, 2.75) is 0 Å². The molecule has 0 heterocycles. The van der Waals surface area contributed by atoms with Crippen LogP contribution in [0.3, 0.4) is 0 Å². The van der Waals surface area contributed by atoms with Crippen molar-refractivity contribution in [2.75, 3.05) is 0 Å². The molecule has 34 valence electrons. The maximum absolute atomic E-state index is 8.41. The van der Waals surface area contributed by atoms with Gasteiger partial charge >= 0.3 is 29.6 Å². The minimum Gasteiger partial charge on any atom is -0.412 e. The summed E-state index contributed by atoms with van der Waals surface area (Å²) in [6.07, 6.45) is 0. The van der Waals surface area contributed by atoms with Crippen LogP contribution in [0, 0.1) is 10.8 Å².